The summed E-state index contributed by atoms with van der Waals surface area (Å²) < 4.78 is 6.24. The molecule has 0 spiro atoms. The summed E-state index contributed by atoms with van der Waals surface area (Å²) in [5.74, 6) is 0.974. The first-order valence-corrected chi connectivity index (χ1v) is 12.5. The van der Waals surface area contributed by atoms with E-state index < -0.39 is 6.10 Å². The molecule has 5 rings (SSSR count). The molecule has 1 saturated heterocycles. The molecule has 1 aliphatic heterocycles. The van der Waals surface area contributed by atoms with Crippen LogP contribution in [0.15, 0.2) is 48.5 Å². The van der Waals surface area contributed by atoms with Crippen LogP contribution in [0.2, 0.25) is 0 Å². The lowest BCUT2D eigenvalue weighted by Gasteiger charge is -2.37. The fourth-order valence-electron chi connectivity index (χ4n) is 5.38. The number of aryl methyl sites for hydroxylation is 3. The lowest BCUT2D eigenvalue weighted by Crippen LogP contribution is -2.49. The van der Waals surface area contributed by atoms with Crippen molar-refractivity contribution in [1.82, 2.24) is 4.90 Å². The number of aliphatic hydroxyl groups is 1. The van der Waals surface area contributed by atoms with Gasteiger partial charge in [0, 0.05) is 38.4 Å². The fourth-order valence-corrected chi connectivity index (χ4v) is 5.38. The Morgan fingerprint density at radius 2 is 1.64 bits per heavy atom. The highest BCUT2D eigenvalue weighted by atomic mass is 16.5. The van der Waals surface area contributed by atoms with E-state index in [9.17, 15) is 5.11 Å². The number of aliphatic hydroxyl groups excluding tert-OH is 1. The van der Waals surface area contributed by atoms with Gasteiger partial charge in [-0.15, -0.1) is 0 Å². The Labute approximate surface area is 197 Å². The summed E-state index contributed by atoms with van der Waals surface area (Å²) in [5.41, 5.74) is 6.80. The Bertz CT molecular complexity index is 1120. The second-order valence-corrected chi connectivity index (χ2v) is 9.78. The third kappa shape index (κ3) is 4.87. The van der Waals surface area contributed by atoms with Gasteiger partial charge in [-0.05, 0) is 90.8 Å². The van der Waals surface area contributed by atoms with Crippen molar-refractivity contribution in [3.05, 3.63) is 70.8 Å². The average Bonchev–Trinajstić information content (AvgIpc) is 2.85. The number of hydrogen-bond acceptors (Lipinski definition) is 4. The molecule has 1 heterocycles. The number of nitrogens with zero attached hydrogens (tertiary/aromatic N) is 2. The van der Waals surface area contributed by atoms with Gasteiger partial charge in [-0.2, -0.15) is 0 Å². The number of rotatable bonds is 6. The molecule has 0 aromatic heterocycles. The number of β-amino-alcohol motifs (C(OH)–C–C–N with tert-alkyl or cyclic N) is 1. The minimum atomic E-state index is -0.483. The van der Waals surface area contributed by atoms with Crippen molar-refractivity contribution < 1.29 is 9.84 Å². The van der Waals surface area contributed by atoms with Gasteiger partial charge in [0.15, 0.2) is 0 Å². The average molecular weight is 445 g/mol. The largest absolute Gasteiger partial charge is 0.491 e. The van der Waals surface area contributed by atoms with E-state index in [2.05, 4.69) is 72.2 Å². The minimum absolute atomic E-state index is 0.349. The van der Waals surface area contributed by atoms with Crippen molar-refractivity contribution in [2.75, 3.05) is 44.2 Å². The molecule has 0 amide bonds. The lowest BCUT2D eigenvalue weighted by molar-refractivity contribution is 0.0659. The SMILES string of the molecule is Cc1ccc(N2CCN(C[C@H](O)COc3cc4ccccc4c4c3CCCC4)CC2)cc1C. The van der Waals surface area contributed by atoms with Crippen LogP contribution in [0.25, 0.3) is 10.8 Å². The third-order valence-electron chi connectivity index (χ3n) is 7.47. The summed E-state index contributed by atoms with van der Waals surface area (Å²) in [6.07, 6.45) is 4.18. The molecule has 1 atom stereocenters. The van der Waals surface area contributed by atoms with Crippen LogP contribution in [0.3, 0.4) is 0 Å². The van der Waals surface area contributed by atoms with E-state index in [1.165, 1.54) is 51.6 Å². The smallest absolute Gasteiger partial charge is 0.123 e. The summed E-state index contributed by atoms with van der Waals surface area (Å²) in [4.78, 5) is 4.81. The van der Waals surface area contributed by atoms with Crippen molar-refractivity contribution in [3.63, 3.8) is 0 Å². The molecular formula is C29H36N2O2. The molecule has 3 aromatic rings. The van der Waals surface area contributed by atoms with E-state index in [0.717, 1.165) is 44.8 Å². The minimum Gasteiger partial charge on any atom is -0.491 e. The van der Waals surface area contributed by atoms with E-state index in [-0.39, 0.29) is 0 Å². The van der Waals surface area contributed by atoms with Gasteiger partial charge in [-0.1, -0.05) is 30.3 Å². The zero-order valence-electron chi connectivity index (χ0n) is 20.0. The van der Waals surface area contributed by atoms with E-state index >= 15 is 0 Å². The maximum absolute atomic E-state index is 10.7. The molecule has 0 unspecified atom stereocenters. The van der Waals surface area contributed by atoms with Crippen LogP contribution < -0.4 is 9.64 Å². The molecule has 33 heavy (non-hydrogen) atoms. The monoisotopic (exact) mass is 444 g/mol. The van der Waals surface area contributed by atoms with Gasteiger partial charge in [0.25, 0.3) is 0 Å². The number of piperazine rings is 1. The predicted molar refractivity (Wildman–Crippen MR) is 137 cm³/mol. The molecule has 0 bridgehead atoms. The quantitative estimate of drug-likeness (QED) is 0.587. The maximum Gasteiger partial charge on any atom is 0.123 e. The van der Waals surface area contributed by atoms with Gasteiger partial charge in [0.05, 0.1) is 0 Å². The molecule has 0 radical (unpaired) electrons. The van der Waals surface area contributed by atoms with Gasteiger partial charge in [-0.25, -0.2) is 0 Å². The van der Waals surface area contributed by atoms with Crippen molar-refractivity contribution in [2.45, 2.75) is 45.6 Å². The first-order chi connectivity index (χ1) is 16.1. The lowest BCUT2D eigenvalue weighted by atomic mass is 9.87. The van der Waals surface area contributed by atoms with Gasteiger partial charge >= 0.3 is 0 Å². The van der Waals surface area contributed by atoms with Gasteiger partial charge in [-0.3, -0.25) is 4.90 Å². The Balaban J connectivity index is 1.18. The molecular weight excluding hydrogens is 408 g/mol. The molecule has 4 nitrogen and oxygen atoms in total. The standard InChI is InChI=1S/C29H36N2O2/c1-21-11-12-24(17-22(21)2)31-15-13-30(14-16-31)19-25(32)20-33-29-18-23-7-3-4-8-26(23)27-9-5-6-10-28(27)29/h3-4,7-8,11-12,17-18,25,32H,5-6,9-10,13-16,19-20H2,1-2H3/t25-/m0/s1. The number of anilines is 1. The third-order valence-corrected chi connectivity index (χ3v) is 7.47. The first-order valence-electron chi connectivity index (χ1n) is 12.5. The van der Waals surface area contributed by atoms with Crippen molar-refractivity contribution in [3.8, 4) is 5.75 Å². The Hall–Kier alpha value is -2.56. The Kier molecular flexibility index (Phi) is 6.57. The maximum atomic E-state index is 10.7. The van der Waals surface area contributed by atoms with Crippen molar-refractivity contribution in [1.29, 1.82) is 0 Å². The van der Waals surface area contributed by atoms with Gasteiger partial charge in [0.1, 0.15) is 18.5 Å². The van der Waals surface area contributed by atoms with Crippen LogP contribution in [0.5, 0.6) is 5.75 Å². The normalized spacial score (nSPS) is 17.7. The molecule has 1 aliphatic carbocycles. The second-order valence-electron chi connectivity index (χ2n) is 9.78. The van der Waals surface area contributed by atoms with Crippen LogP contribution in [0.4, 0.5) is 5.69 Å². The van der Waals surface area contributed by atoms with Gasteiger partial charge < -0.3 is 14.7 Å². The molecule has 2 aliphatic rings. The Morgan fingerprint density at radius 1 is 0.879 bits per heavy atom. The summed E-state index contributed by atoms with van der Waals surface area (Å²) in [5, 5.41) is 13.4. The first kappa shape index (κ1) is 22.2. The van der Waals surface area contributed by atoms with E-state index in [4.69, 9.17) is 4.74 Å². The summed E-state index contributed by atoms with van der Waals surface area (Å²) in [7, 11) is 0. The van der Waals surface area contributed by atoms with Crippen LogP contribution in [-0.4, -0.2) is 55.4 Å². The van der Waals surface area contributed by atoms with E-state index in [0.29, 0.717) is 13.2 Å². The summed E-state index contributed by atoms with van der Waals surface area (Å²) >= 11 is 0. The highest BCUT2D eigenvalue weighted by Crippen LogP contribution is 2.36. The van der Waals surface area contributed by atoms with Gasteiger partial charge in [0.2, 0.25) is 0 Å². The van der Waals surface area contributed by atoms with E-state index in [1.54, 1.807) is 0 Å². The van der Waals surface area contributed by atoms with E-state index in [1.807, 2.05) is 0 Å². The van der Waals surface area contributed by atoms with Crippen LogP contribution in [0.1, 0.15) is 35.1 Å². The summed E-state index contributed by atoms with van der Waals surface area (Å²) in [6, 6.07) is 17.5. The van der Waals surface area contributed by atoms with Crippen molar-refractivity contribution >= 4 is 16.5 Å². The molecule has 0 saturated carbocycles. The number of ether oxygens (including phenoxy) is 1. The highest BCUT2D eigenvalue weighted by molar-refractivity contribution is 5.89. The van der Waals surface area contributed by atoms with Crippen LogP contribution in [-0.2, 0) is 12.8 Å². The van der Waals surface area contributed by atoms with Crippen molar-refractivity contribution in [2.24, 2.45) is 0 Å². The molecule has 1 N–H and O–H groups in total. The zero-order chi connectivity index (χ0) is 22.8. The Morgan fingerprint density at radius 3 is 2.42 bits per heavy atom. The summed E-state index contributed by atoms with van der Waals surface area (Å²) in [6.45, 7) is 9.28. The second kappa shape index (κ2) is 9.74. The number of benzene rings is 3. The molecule has 174 valence electrons. The zero-order valence-corrected chi connectivity index (χ0v) is 20.0. The predicted octanol–water partition coefficient (Wildman–Crippen LogP) is 4.90. The topological polar surface area (TPSA) is 35.9 Å². The molecule has 3 aromatic carbocycles. The fraction of sp³-hybridized carbons (Fsp3) is 0.448. The highest BCUT2D eigenvalue weighted by Gasteiger charge is 2.22. The van der Waals surface area contributed by atoms with Crippen LogP contribution in [0, 0.1) is 13.8 Å². The number of hydrogen-bond donors (Lipinski definition) is 1. The van der Waals surface area contributed by atoms with Crippen LogP contribution >= 0.6 is 0 Å². The molecule has 1 fully saturated rings. The number of fused-ring (bicyclic) bond motifs is 3. The molecule has 4 heteroatoms.